The number of rotatable bonds is 10. The topological polar surface area (TPSA) is 133 Å². The molecule has 1 aliphatic rings. The normalized spacial score (nSPS) is 15.4. The molecule has 1 aliphatic carbocycles. The van der Waals surface area contributed by atoms with E-state index in [-0.39, 0.29) is 28.1 Å². The molecule has 0 aromatic heterocycles. The Labute approximate surface area is 273 Å². The van der Waals surface area contributed by atoms with Crippen LogP contribution in [0.1, 0.15) is 61.5 Å². The summed E-state index contributed by atoms with van der Waals surface area (Å²) in [5.41, 5.74) is 4.02. The molecule has 3 N–H and O–H groups in total. The summed E-state index contributed by atoms with van der Waals surface area (Å²) in [4.78, 5) is 38.2. The zero-order valence-electron chi connectivity index (χ0n) is 26.7. The zero-order chi connectivity index (χ0) is 34.6. The number of alkyl halides is 2. The second-order valence-corrected chi connectivity index (χ2v) is 14.8. The number of carbonyl (C=O) groups excluding carboxylic acids is 2. The number of amides is 3. The molecule has 0 radical (unpaired) electrons. The smallest absolute Gasteiger partial charge is 0.376 e. The largest absolute Gasteiger partial charge is 0.477 e. The van der Waals surface area contributed by atoms with E-state index < -0.39 is 40.2 Å². The average Bonchev–Trinajstić information content (AvgIpc) is 3.02. The van der Waals surface area contributed by atoms with Crippen molar-refractivity contribution in [1.29, 1.82) is 0 Å². The number of aliphatic carboxylic acids is 1. The number of carboxylic acids is 1. The highest BCUT2D eigenvalue weighted by molar-refractivity contribution is 7.90. The van der Waals surface area contributed by atoms with Crippen LogP contribution in [0.2, 0.25) is 0 Å². The zero-order valence-corrected chi connectivity index (χ0v) is 27.5. The lowest BCUT2D eigenvalue weighted by atomic mass is 9.72. The highest BCUT2D eigenvalue weighted by Gasteiger charge is 2.39. The van der Waals surface area contributed by atoms with Crippen LogP contribution in [0.5, 0.6) is 0 Å². The predicted octanol–water partition coefficient (Wildman–Crippen LogP) is 7.01. The molecule has 0 saturated carbocycles. The first-order valence-corrected chi connectivity index (χ1v) is 17.0. The molecule has 0 saturated heterocycles. The SMILES string of the molecule is CC(C)(C)C1CC=C(c2ccc(N(Cc3ccc(C(=O)NCC(F)(F)C(=O)O)cc3)C(=O)Nc3cccc(S(C)(=O)=O)c3)cc2)CC1. The van der Waals surface area contributed by atoms with E-state index in [9.17, 15) is 31.6 Å². The van der Waals surface area contributed by atoms with Crippen molar-refractivity contribution in [3.8, 4) is 0 Å². The Balaban J connectivity index is 1.56. The lowest BCUT2D eigenvalue weighted by molar-refractivity contribution is -0.163. The van der Waals surface area contributed by atoms with Crippen molar-refractivity contribution < 1.29 is 36.7 Å². The molecule has 3 aromatic carbocycles. The Hall–Kier alpha value is -4.58. The lowest BCUT2D eigenvalue weighted by Gasteiger charge is -2.33. The van der Waals surface area contributed by atoms with Crippen LogP contribution in [0.15, 0.2) is 83.8 Å². The Morgan fingerprint density at radius 2 is 1.64 bits per heavy atom. The molecule has 0 fully saturated rings. The number of allylic oxidation sites excluding steroid dienone is 2. The molecule has 250 valence electrons. The van der Waals surface area contributed by atoms with Gasteiger partial charge < -0.3 is 15.7 Å². The number of hydrogen-bond acceptors (Lipinski definition) is 5. The molecule has 12 heteroatoms. The van der Waals surface area contributed by atoms with Crippen molar-refractivity contribution in [3.05, 3.63) is 95.6 Å². The van der Waals surface area contributed by atoms with E-state index in [1.54, 1.807) is 18.2 Å². The molecule has 3 amide bonds. The number of sulfone groups is 1. The number of urea groups is 1. The summed E-state index contributed by atoms with van der Waals surface area (Å²) in [7, 11) is -3.51. The van der Waals surface area contributed by atoms with E-state index in [1.165, 1.54) is 40.8 Å². The van der Waals surface area contributed by atoms with Crippen molar-refractivity contribution in [2.24, 2.45) is 11.3 Å². The number of carbonyl (C=O) groups is 3. The maximum absolute atomic E-state index is 13.7. The van der Waals surface area contributed by atoms with Crippen molar-refractivity contribution in [2.75, 3.05) is 23.0 Å². The van der Waals surface area contributed by atoms with Gasteiger partial charge in [-0.2, -0.15) is 8.78 Å². The minimum Gasteiger partial charge on any atom is -0.477 e. The van der Waals surface area contributed by atoms with Gasteiger partial charge in [-0.3, -0.25) is 9.69 Å². The van der Waals surface area contributed by atoms with Crippen molar-refractivity contribution >= 4 is 44.7 Å². The maximum atomic E-state index is 13.7. The summed E-state index contributed by atoms with van der Waals surface area (Å²) in [5.74, 6) is -6.72. The molecule has 9 nitrogen and oxygen atoms in total. The van der Waals surface area contributed by atoms with Gasteiger partial charge in [0.05, 0.1) is 18.0 Å². The van der Waals surface area contributed by atoms with Crippen molar-refractivity contribution in [2.45, 2.75) is 57.4 Å². The van der Waals surface area contributed by atoms with Crippen LogP contribution in [0.3, 0.4) is 0 Å². The number of nitrogens with one attached hydrogen (secondary N) is 2. The van der Waals surface area contributed by atoms with Crippen LogP contribution >= 0.6 is 0 Å². The van der Waals surface area contributed by atoms with E-state index in [1.807, 2.05) is 29.6 Å². The molecule has 0 aliphatic heterocycles. The Morgan fingerprint density at radius 3 is 2.19 bits per heavy atom. The molecule has 0 bridgehead atoms. The third-order valence-corrected chi connectivity index (χ3v) is 9.39. The van der Waals surface area contributed by atoms with Gasteiger partial charge in [-0.1, -0.05) is 57.2 Å². The van der Waals surface area contributed by atoms with Crippen LogP contribution in [-0.2, 0) is 21.2 Å². The second-order valence-electron chi connectivity index (χ2n) is 12.8. The molecule has 1 atom stereocenters. The number of carboxylic acid groups (broad SMARTS) is 1. The van der Waals surface area contributed by atoms with Crippen LogP contribution in [0, 0.1) is 11.3 Å². The van der Waals surface area contributed by atoms with E-state index in [0.717, 1.165) is 31.1 Å². The molecule has 47 heavy (non-hydrogen) atoms. The number of nitrogens with zero attached hydrogens (tertiary/aromatic N) is 1. The van der Waals surface area contributed by atoms with Gasteiger partial charge in [0, 0.05) is 23.2 Å². The maximum Gasteiger partial charge on any atom is 0.376 e. The van der Waals surface area contributed by atoms with E-state index in [2.05, 4.69) is 32.2 Å². The van der Waals surface area contributed by atoms with E-state index in [4.69, 9.17) is 5.11 Å². The Bertz CT molecular complexity index is 1770. The Morgan fingerprint density at radius 1 is 0.979 bits per heavy atom. The number of hydrogen-bond donors (Lipinski definition) is 3. The van der Waals surface area contributed by atoms with Gasteiger partial charge in [0.1, 0.15) is 0 Å². The fraction of sp³-hybridized carbons (Fsp3) is 0.343. The quantitative estimate of drug-likeness (QED) is 0.213. The summed E-state index contributed by atoms with van der Waals surface area (Å²) < 4.78 is 50.9. The molecule has 0 spiro atoms. The molecule has 1 unspecified atom stereocenters. The van der Waals surface area contributed by atoms with Crippen molar-refractivity contribution in [3.63, 3.8) is 0 Å². The van der Waals surface area contributed by atoms with Crippen LogP contribution in [0.4, 0.5) is 25.0 Å². The minimum atomic E-state index is -4.11. The number of anilines is 2. The third-order valence-electron chi connectivity index (χ3n) is 8.28. The van der Waals surface area contributed by atoms with Gasteiger partial charge >= 0.3 is 17.9 Å². The third kappa shape index (κ3) is 9.25. The highest BCUT2D eigenvalue weighted by Crippen LogP contribution is 2.40. The second kappa shape index (κ2) is 14.0. The summed E-state index contributed by atoms with van der Waals surface area (Å²) in [6, 6.07) is 18.9. The van der Waals surface area contributed by atoms with Gasteiger partial charge in [0.15, 0.2) is 9.84 Å². The lowest BCUT2D eigenvalue weighted by Crippen LogP contribution is -2.42. The first-order chi connectivity index (χ1) is 21.9. The first-order valence-electron chi connectivity index (χ1n) is 15.1. The van der Waals surface area contributed by atoms with E-state index >= 15 is 0 Å². The van der Waals surface area contributed by atoms with Gasteiger partial charge in [-0.15, -0.1) is 0 Å². The fourth-order valence-electron chi connectivity index (χ4n) is 5.33. The summed E-state index contributed by atoms with van der Waals surface area (Å²) in [6.07, 6.45) is 6.41. The molecule has 4 rings (SSSR count). The van der Waals surface area contributed by atoms with Crippen LogP contribution < -0.4 is 15.5 Å². The molecule has 0 heterocycles. The van der Waals surface area contributed by atoms with Gasteiger partial charge in [-0.05, 0) is 89.8 Å². The number of halogens is 2. The standard InChI is InChI=1S/C35H39F2N3O6S/c1-34(2,3)27-16-12-24(13-17-27)25-14-18-29(19-15-25)40(33(44)39-28-6-5-7-30(20-28)47(4,45)46)21-23-8-10-26(11-9-23)31(41)38-22-35(36,37)32(42)43/h5-12,14-15,18-20,27H,13,16-17,21-22H2,1-4H3,(H,38,41)(H,39,44)(H,42,43). The van der Waals surface area contributed by atoms with Crippen LogP contribution in [0.25, 0.3) is 5.57 Å². The van der Waals surface area contributed by atoms with Crippen molar-refractivity contribution in [1.82, 2.24) is 5.32 Å². The van der Waals surface area contributed by atoms with Gasteiger partial charge in [0.25, 0.3) is 5.91 Å². The highest BCUT2D eigenvalue weighted by atomic mass is 32.2. The number of benzene rings is 3. The predicted molar refractivity (Wildman–Crippen MR) is 177 cm³/mol. The summed E-state index contributed by atoms with van der Waals surface area (Å²) >= 11 is 0. The van der Waals surface area contributed by atoms with Gasteiger partial charge in [0.2, 0.25) is 0 Å². The Kier molecular flexibility index (Phi) is 10.5. The molecular weight excluding hydrogens is 628 g/mol. The molecular formula is C35H39F2N3O6S. The molecule has 3 aromatic rings. The minimum absolute atomic E-state index is 0.0299. The van der Waals surface area contributed by atoms with Gasteiger partial charge in [-0.25, -0.2) is 18.0 Å². The summed E-state index contributed by atoms with van der Waals surface area (Å²) in [6.45, 7) is 5.46. The van der Waals surface area contributed by atoms with Crippen LogP contribution in [-0.4, -0.2) is 50.2 Å². The monoisotopic (exact) mass is 667 g/mol. The van der Waals surface area contributed by atoms with E-state index in [0.29, 0.717) is 17.2 Å². The average molecular weight is 668 g/mol. The summed E-state index contributed by atoms with van der Waals surface area (Å²) in [5, 5.41) is 13.3. The first kappa shape index (κ1) is 35.3. The fourth-order valence-corrected chi connectivity index (χ4v) is 5.99.